The maximum atomic E-state index is 11.0. The summed E-state index contributed by atoms with van der Waals surface area (Å²) in [5.41, 5.74) is 2.28. The van der Waals surface area contributed by atoms with Crippen LogP contribution in [0.15, 0.2) is 59.6 Å². The van der Waals surface area contributed by atoms with Crippen molar-refractivity contribution in [1.82, 2.24) is 15.1 Å². The molecule has 0 bridgehead atoms. The van der Waals surface area contributed by atoms with Crippen LogP contribution in [0.2, 0.25) is 9.36 Å². The number of aliphatic hydroxyl groups is 1. The Morgan fingerprint density at radius 2 is 1.88 bits per heavy atom. The molecule has 3 aromatic heterocycles. The molecule has 1 atom stereocenters. The smallest absolute Gasteiger partial charge is 0.173 e. The predicted molar refractivity (Wildman–Crippen MR) is 101 cm³/mol. The molecule has 26 heavy (non-hydrogen) atoms. The Balaban J connectivity index is 1.91. The lowest BCUT2D eigenvalue weighted by atomic mass is 9.98. The maximum absolute atomic E-state index is 11.0. The molecule has 5 nitrogen and oxygen atoms in total. The number of aliphatic hydroxyl groups excluding tert-OH is 1. The lowest BCUT2D eigenvalue weighted by Crippen LogP contribution is -2.03. The number of hydrogen-bond donors (Lipinski definition) is 1. The van der Waals surface area contributed by atoms with Gasteiger partial charge in [0.05, 0.1) is 14.8 Å². The lowest BCUT2D eigenvalue weighted by molar-refractivity contribution is 0.219. The van der Waals surface area contributed by atoms with Gasteiger partial charge in [0.1, 0.15) is 18.1 Å². The first-order chi connectivity index (χ1) is 12.6. The third-order valence-corrected chi connectivity index (χ3v) is 5.26. The van der Waals surface area contributed by atoms with Gasteiger partial charge in [-0.2, -0.15) is 0 Å². The number of halogens is 2. The molecule has 4 aromatic rings. The van der Waals surface area contributed by atoms with Gasteiger partial charge in [-0.1, -0.05) is 40.5 Å². The van der Waals surface area contributed by atoms with E-state index in [0.29, 0.717) is 37.5 Å². The van der Waals surface area contributed by atoms with Gasteiger partial charge in [-0.15, -0.1) is 11.3 Å². The molecule has 130 valence electrons. The minimum Gasteiger partial charge on any atom is -0.383 e. The molecule has 0 aliphatic heterocycles. The van der Waals surface area contributed by atoms with Crippen LogP contribution in [0.5, 0.6) is 0 Å². The van der Waals surface area contributed by atoms with Gasteiger partial charge in [0.15, 0.2) is 5.76 Å². The number of hydrogen-bond acceptors (Lipinski definition) is 6. The maximum Gasteiger partial charge on any atom is 0.173 e. The molecular formula is C18H11Cl2N3O2S. The molecule has 0 radical (unpaired) electrons. The molecule has 1 N–H and O–H groups in total. The third-order valence-electron chi connectivity index (χ3n) is 3.79. The van der Waals surface area contributed by atoms with Crippen molar-refractivity contribution in [2.24, 2.45) is 0 Å². The quantitative estimate of drug-likeness (QED) is 0.503. The standard InChI is InChI=1S/C18H11Cl2N3O2S/c19-12-3-1-2-10(6-12)18-15(17(24)11-7-21-9-22-8-11)16(23-25-18)13-4-5-14(20)26-13/h1-9,17,24H. The fraction of sp³-hybridized carbons (Fsp3) is 0.0556. The zero-order valence-corrected chi connectivity index (χ0v) is 15.5. The van der Waals surface area contributed by atoms with Crippen molar-refractivity contribution in [1.29, 1.82) is 0 Å². The Hall–Kier alpha value is -2.25. The van der Waals surface area contributed by atoms with Crippen molar-refractivity contribution in [3.05, 3.63) is 75.6 Å². The van der Waals surface area contributed by atoms with E-state index in [2.05, 4.69) is 15.1 Å². The summed E-state index contributed by atoms with van der Waals surface area (Å²) >= 11 is 13.5. The van der Waals surface area contributed by atoms with Gasteiger partial charge in [-0.3, -0.25) is 0 Å². The summed E-state index contributed by atoms with van der Waals surface area (Å²) in [5, 5.41) is 15.7. The van der Waals surface area contributed by atoms with Crippen molar-refractivity contribution in [3.8, 4) is 21.9 Å². The van der Waals surface area contributed by atoms with Crippen LogP contribution in [-0.4, -0.2) is 20.2 Å². The summed E-state index contributed by atoms with van der Waals surface area (Å²) < 4.78 is 6.22. The van der Waals surface area contributed by atoms with Gasteiger partial charge < -0.3 is 9.63 Å². The Labute approximate surface area is 162 Å². The van der Waals surface area contributed by atoms with Crippen molar-refractivity contribution in [2.75, 3.05) is 0 Å². The molecule has 0 aliphatic carbocycles. The Bertz CT molecular complexity index is 1050. The number of rotatable bonds is 4. The van der Waals surface area contributed by atoms with Crippen LogP contribution in [0.25, 0.3) is 21.9 Å². The van der Waals surface area contributed by atoms with Crippen LogP contribution >= 0.6 is 34.5 Å². The molecule has 3 heterocycles. The van der Waals surface area contributed by atoms with Crippen molar-refractivity contribution >= 4 is 34.5 Å². The third kappa shape index (κ3) is 3.24. The van der Waals surface area contributed by atoms with E-state index in [-0.39, 0.29) is 0 Å². The summed E-state index contributed by atoms with van der Waals surface area (Å²) in [6.45, 7) is 0. The van der Waals surface area contributed by atoms with Gasteiger partial charge in [0, 0.05) is 28.5 Å². The van der Waals surface area contributed by atoms with Crippen LogP contribution in [0.3, 0.4) is 0 Å². The molecule has 0 amide bonds. The van der Waals surface area contributed by atoms with E-state index < -0.39 is 6.10 Å². The first-order valence-corrected chi connectivity index (χ1v) is 9.15. The number of thiophene rings is 1. The van der Waals surface area contributed by atoms with E-state index >= 15 is 0 Å². The van der Waals surface area contributed by atoms with Crippen LogP contribution in [0, 0.1) is 0 Å². The topological polar surface area (TPSA) is 72.0 Å². The lowest BCUT2D eigenvalue weighted by Gasteiger charge is -2.11. The Morgan fingerprint density at radius 1 is 1.08 bits per heavy atom. The highest BCUT2D eigenvalue weighted by molar-refractivity contribution is 7.19. The molecule has 1 aromatic carbocycles. The molecule has 0 aliphatic rings. The highest BCUT2D eigenvalue weighted by Crippen LogP contribution is 2.41. The van der Waals surface area contributed by atoms with E-state index in [1.54, 1.807) is 30.6 Å². The SMILES string of the molecule is OC(c1cncnc1)c1c(-c2ccc(Cl)s2)noc1-c1cccc(Cl)c1. The molecular weight excluding hydrogens is 393 g/mol. The van der Waals surface area contributed by atoms with Crippen molar-refractivity contribution in [3.63, 3.8) is 0 Å². The first-order valence-electron chi connectivity index (χ1n) is 7.57. The monoisotopic (exact) mass is 403 g/mol. The number of nitrogens with zero attached hydrogens (tertiary/aromatic N) is 3. The number of aromatic nitrogens is 3. The van der Waals surface area contributed by atoms with Gasteiger partial charge >= 0.3 is 0 Å². The van der Waals surface area contributed by atoms with Crippen LogP contribution < -0.4 is 0 Å². The largest absolute Gasteiger partial charge is 0.383 e. The fourth-order valence-electron chi connectivity index (χ4n) is 2.63. The molecule has 1 unspecified atom stereocenters. The van der Waals surface area contributed by atoms with E-state index in [0.717, 1.165) is 4.88 Å². The molecule has 0 fully saturated rings. The summed E-state index contributed by atoms with van der Waals surface area (Å²) in [5.74, 6) is 0.434. The van der Waals surface area contributed by atoms with Gasteiger partial charge in [-0.05, 0) is 24.3 Å². The van der Waals surface area contributed by atoms with Gasteiger partial charge in [0.25, 0.3) is 0 Å². The molecule has 0 spiro atoms. The molecule has 0 saturated carbocycles. The van der Waals surface area contributed by atoms with Crippen LogP contribution in [0.4, 0.5) is 0 Å². The Morgan fingerprint density at radius 3 is 2.58 bits per heavy atom. The van der Waals surface area contributed by atoms with Crippen LogP contribution in [-0.2, 0) is 0 Å². The highest BCUT2D eigenvalue weighted by atomic mass is 35.5. The minimum absolute atomic E-state index is 0.434. The van der Waals surface area contributed by atoms with Crippen molar-refractivity contribution in [2.45, 2.75) is 6.10 Å². The Kier molecular flexibility index (Phi) is 4.74. The van der Waals surface area contributed by atoms with E-state index in [4.69, 9.17) is 27.7 Å². The van der Waals surface area contributed by atoms with E-state index in [9.17, 15) is 5.11 Å². The molecule has 0 saturated heterocycles. The zero-order chi connectivity index (χ0) is 18.1. The van der Waals surface area contributed by atoms with Crippen molar-refractivity contribution < 1.29 is 9.63 Å². The second-order valence-electron chi connectivity index (χ2n) is 5.46. The van der Waals surface area contributed by atoms with Gasteiger partial charge in [0.2, 0.25) is 0 Å². The second kappa shape index (κ2) is 7.17. The average Bonchev–Trinajstić information content (AvgIpc) is 3.28. The summed E-state index contributed by atoms with van der Waals surface area (Å²) in [6, 6.07) is 10.8. The zero-order valence-electron chi connectivity index (χ0n) is 13.1. The summed E-state index contributed by atoms with van der Waals surface area (Å²) in [7, 11) is 0. The van der Waals surface area contributed by atoms with E-state index in [1.165, 1.54) is 17.7 Å². The first kappa shape index (κ1) is 17.2. The molecule has 8 heteroatoms. The minimum atomic E-state index is -1.02. The predicted octanol–water partition coefficient (Wildman–Crippen LogP) is 5.25. The summed E-state index contributed by atoms with van der Waals surface area (Å²) in [4.78, 5) is 8.74. The van der Waals surface area contributed by atoms with Crippen LogP contribution in [0.1, 0.15) is 17.2 Å². The fourth-order valence-corrected chi connectivity index (χ4v) is 3.86. The number of benzene rings is 1. The normalized spacial score (nSPS) is 12.3. The summed E-state index contributed by atoms with van der Waals surface area (Å²) in [6.07, 6.45) is 3.49. The highest BCUT2D eigenvalue weighted by Gasteiger charge is 2.27. The van der Waals surface area contributed by atoms with Gasteiger partial charge in [-0.25, -0.2) is 9.97 Å². The average molecular weight is 404 g/mol. The molecule has 4 rings (SSSR count). The second-order valence-corrected chi connectivity index (χ2v) is 7.61. The van der Waals surface area contributed by atoms with E-state index in [1.807, 2.05) is 18.2 Å².